The molecule has 0 saturated carbocycles. The second-order valence-electron chi connectivity index (χ2n) is 9.18. The van der Waals surface area contributed by atoms with Crippen molar-refractivity contribution in [3.05, 3.63) is 105 Å². The summed E-state index contributed by atoms with van der Waals surface area (Å²) in [6.45, 7) is 1.86. The lowest BCUT2D eigenvalue weighted by Crippen LogP contribution is -2.51. The second-order valence-corrected chi connectivity index (χ2v) is 9.18. The quantitative estimate of drug-likeness (QED) is 0.242. The largest absolute Gasteiger partial charge is 0.349 e. The van der Waals surface area contributed by atoms with Gasteiger partial charge >= 0.3 is 0 Å². The third-order valence-electron chi connectivity index (χ3n) is 7.22. The number of Topliss-reactive ketones (excluding diaryl/α,β-unsaturated/α-hetero) is 2. The van der Waals surface area contributed by atoms with Crippen molar-refractivity contribution >= 4 is 34.8 Å². The molecule has 9 nitrogen and oxygen atoms in total. The number of carbonyl (C=O) groups excluding carboxylic acids is 4. The Balaban J connectivity index is 1.55. The number of fused-ring (bicyclic) bond motifs is 3. The van der Waals surface area contributed by atoms with E-state index in [0.29, 0.717) is 5.69 Å². The Morgan fingerprint density at radius 1 is 0.861 bits per heavy atom. The fraction of sp³-hybridized carbons (Fsp3) is 0.185. The highest BCUT2D eigenvalue weighted by atomic mass is 16.6. The highest BCUT2D eigenvalue weighted by Crippen LogP contribution is 2.57. The van der Waals surface area contributed by atoms with Gasteiger partial charge in [0, 0.05) is 23.3 Å². The van der Waals surface area contributed by atoms with E-state index in [1.165, 1.54) is 36.4 Å². The SMILES string of the molecule is Cc1ccc(N2C(=O)C3C(c4cccc([N+](=O)[O-])c4)OC4(C(=O)c5ccccc5C4=O)C3C2=O)cc1. The van der Waals surface area contributed by atoms with Crippen LogP contribution in [0.4, 0.5) is 11.4 Å². The Bertz CT molecular complexity index is 1480. The predicted octanol–water partition coefficient (Wildman–Crippen LogP) is 3.60. The molecule has 2 heterocycles. The van der Waals surface area contributed by atoms with E-state index < -0.39 is 51.8 Å². The summed E-state index contributed by atoms with van der Waals surface area (Å²) in [7, 11) is 0. The van der Waals surface area contributed by atoms with Crippen LogP contribution in [0, 0.1) is 28.9 Å². The lowest BCUT2D eigenvalue weighted by atomic mass is 9.77. The van der Waals surface area contributed by atoms with Crippen LogP contribution >= 0.6 is 0 Å². The number of hydrogen-bond donors (Lipinski definition) is 0. The second kappa shape index (κ2) is 7.50. The number of amides is 2. The highest BCUT2D eigenvalue weighted by molar-refractivity contribution is 6.37. The van der Waals surface area contributed by atoms with Crippen LogP contribution in [0.15, 0.2) is 72.8 Å². The number of hydrogen-bond acceptors (Lipinski definition) is 7. The normalized spacial score (nSPS) is 23.9. The lowest BCUT2D eigenvalue weighted by Gasteiger charge is -2.27. The van der Waals surface area contributed by atoms with Gasteiger partial charge < -0.3 is 4.74 Å². The third kappa shape index (κ3) is 2.74. The van der Waals surface area contributed by atoms with Crippen molar-refractivity contribution < 1.29 is 28.8 Å². The van der Waals surface area contributed by atoms with Gasteiger partial charge in [0.15, 0.2) is 0 Å². The predicted molar refractivity (Wildman–Crippen MR) is 125 cm³/mol. The van der Waals surface area contributed by atoms with Gasteiger partial charge in [0.1, 0.15) is 0 Å². The molecule has 0 N–H and O–H groups in total. The lowest BCUT2D eigenvalue weighted by molar-refractivity contribution is -0.385. The van der Waals surface area contributed by atoms with Crippen molar-refractivity contribution in [1.29, 1.82) is 0 Å². The minimum Gasteiger partial charge on any atom is -0.349 e. The van der Waals surface area contributed by atoms with Crippen molar-refractivity contribution in [3.63, 3.8) is 0 Å². The molecule has 9 heteroatoms. The first-order chi connectivity index (χ1) is 17.3. The number of nitrogens with zero attached hydrogens (tertiary/aromatic N) is 2. The summed E-state index contributed by atoms with van der Waals surface area (Å²) in [5.74, 6) is -5.34. The van der Waals surface area contributed by atoms with Crippen molar-refractivity contribution in [2.24, 2.45) is 11.8 Å². The van der Waals surface area contributed by atoms with E-state index in [9.17, 15) is 29.3 Å². The van der Waals surface area contributed by atoms with E-state index in [-0.39, 0.29) is 22.4 Å². The van der Waals surface area contributed by atoms with Gasteiger partial charge in [0.25, 0.3) is 5.69 Å². The van der Waals surface area contributed by atoms with Gasteiger partial charge in [0.05, 0.1) is 28.6 Å². The molecule has 178 valence electrons. The highest BCUT2D eigenvalue weighted by Gasteiger charge is 2.74. The zero-order valence-corrected chi connectivity index (χ0v) is 18.9. The number of nitro benzene ring substituents is 1. The summed E-state index contributed by atoms with van der Waals surface area (Å²) < 4.78 is 6.16. The van der Waals surface area contributed by atoms with E-state index in [1.807, 2.05) is 6.92 Å². The molecule has 2 saturated heterocycles. The van der Waals surface area contributed by atoms with Crippen LogP contribution in [0.2, 0.25) is 0 Å². The van der Waals surface area contributed by atoms with Gasteiger partial charge in [-0.15, -0.1) is 0 Å². The maximum atomic E-state index is 13.9. The standard InChI is InChI=1S/C27H18N2O7/c1-14-9-11-16(12-10-14)28-25(32)20-21(26(28)33)27(23(30)18-7-2-3-8-19(18)24(27)31)36-22(20)15-5-4-6-17(13-15)29(34)35/h2-13,20-22H,1H3. The Morgan fingerprint density at radius 3 is 2.11 bits per heavy atom. The summed E-state index contributed by atoms with van der Waals surface area (Å²) in [4.78, 5) is 66.9. The number of non-ortho nitro benzene ring substituents is 1. The Kier molecular flexibility index (Phi) is 4.58. The van der Waals surface area contributed by atoms with Gasteiger partial charge in [0.2, 0.25) is 29.0 Å². The molecule has 6 rings (SSSR count). The first-order valence-electron chi connectivity index (χ1n) is 11.3. The molecule has 3 aromatic rings. The molecule has 3 atom stereocenters. The van der Waals surface area contributed by atoms with Crippen molar-refractivity contribution in [2.75, 3.05) is 4.90 Å². The summed E-state index contributed by atoms with van der Waals surface area (Å²) in [5, 5.41) is 11.4. The average molecular weight is 482 g/mol. The van der Waals surface area contributed by atoms with Crippen molar-refractivity contribution in [2.45, 2.75) is 18.6 Å². The smallest absolute Gasteiger partial charge is 0.269 e. The molecule has 3 unspecified atom stereocenters. The van der Waals surface area contributed by atoms with Crippen molar-refractivity contribution in [3.8, 4) is 0 Å². The maximum absolute atomic E-state index is 13.9. The van der Waals surface area contributed by atoms with Crippen LogP contribution in [0.5, 0.6) is 0 Å². The Morgan fingerprint density at radius 2 is 1.50 bits per heavy atom. The molecular formula is C27H18N2O7. The fourth-order valence-corrected chi connectivity index (χ4v) is 5.58. The molecule has 0 radical (unpaired) electrons. The van der Waals surface area contributed by atoms with Gasteiger partial charge in [-0.25, -0.2) is 4.90 Å². The van der Waals surface area contributed by atoms with Crippen LogP contribution in [0.25, 0.3) is 0 Å². The number of rotatable bonds is 3. The summed E-state index contributed by atoms with van der Waals surface area (Å²) in [6.07, 6.45) is -1.22. The number of benzene rings is 3. The molecule has 36 heavy (non-hydrogen) atoms. The van der Waals surface area contributed by atoms with E-state index >= 15 is 0 Å². The molecule has 2 fully saturated rings. The molecule has 0 aromatic heterocycles. The number of aryl methyl sites for hydroxylation is 1. The topological polar surface area (TPSA) is 124 Å². The summed E-state index contributed by atoms with van der Waals surface area (Å²) in [6, 6.07) is 18.4. The third-order valence-corrected chi connectivity index (χ3v) is 7.22. The first kappa shape index (κ1) is 22.0. The van der Waals surface area contributed by atoms with Crippen LogP contribution in [-0.4, -0.2) is 33.9 Å². The van der Waals surface area contributed by atoms with Crippen LogP contribution in [-0.2, 0) is 14.3 Å². The zero-order chi connectivity index (χ0) is 25.4. The van der Waals surface area contributed by atoms with Crippen LogP contribution < -0.4 is 4.90 Å². The molecule has 3 aromatic carbocycles. The number of carbonyl (C=O) groups is 4. The molecule has 3 aliphatic rings. The van der Waals surface area contributed by atoms with Crippen molar-refractivity contribution in [1.82, 2.24) is 0 Å². The van der Waals surface area contributed by atoms with Gasteiger partial charge in [-0.3, -0.25) is 29.3 Å². The monoisotopic (exact) mass is 482 g/mol. The Hall–Kier alpha value is -4.50. The molecule has 1 aliphatic carbocycles. The minimum atomic E-state index is -2.23. The number of nitro groups is 1. The summed E-state index contributed by atoms with van der Waals surface area (Å²) in [5.41, 5.74) is -0.759. The number of imide groups is 1. The molecular weight excluding hydrogens is 464 g/mol. The van der Waals surface area contributed by atoms with Gasteiger partial charge in [-0.05, 0) is 24.6 Å². The van der Waals surface area contributed by atoms with Crippen LogP contribution in [0.3, 0.4) is 0 Å². The summed E-state index contributed by atoms with van der Waals surface area (Å²) >= 11 is 0. The minimum absolute atomic E-state index is 0.120. The van der Waals surface area contributed by atoms with E-state index in [1.54, 1.807) is 36.4 Å². The maximum Gasteiger partial charge on any atom is 0.269 e. The average Bonchev–Trinajstić information content (AvgIpc) is 3.45. The molecule has 0 bridgehead atoms. The number of ether oxygens (including phenoxy) is 1. The van der Waals surface area contributed by atoms with E-state index in [0.717, 1.165) is 10.5 Å². The van der Waals surface area contributed by atoms with Gasteiger partial charge in [-0.2, -0.15) is 0 Å². The van der Waals surface area contributed by atoms with Gasteiger partial charge in [-0.1, -0.05) is 54.1 Å². The number of ketones is 2. The molecule has 2 aliphatic heterocycles. The number of anilines is 1. The fourth-order valence-electron chi connectivity index (χ4n) is 5.58. The zero-order valence-electron chi connectivity index (χ0n) is 18.9. The van der Waals surface area contributed by atoms with E-state index in [4.69, 9.17) is 4.74 Å². The molecule has 2 amide bonds. The molecule has 1 spiro atoms. The van der Waals surface area contributed by atoms with E-state index in [2.05, 4.69) is 0 Å². The van der Waals surface area contributed by atoms with Crippen LogP contribution in [0.1, 0.15) is 37.9 Å². The Labute approximate surface area is 204 Å². The first-order valence-corrected chi connectivity index (χ1v) is 11.3.